The molecule has 0 spiro atoms. The number of carbonyl (C=O) groups excluding carboxylic acids is 1. The van der Waals surface area contributed by atoms with Crippen LogP contribution in [0.1, 0.15) is 25.3 Å². The van der Waals surface area contributed by atoms with E-state index in [4.69, 9.17) is 9.47 Å². The predicted molar refractivity (Wildman–Crippen MR) is 91.4 cm³/mol. The standard InChI is InChI=1S/C17H25NO5S/c1-3-24(20,21)18-9-7-15(8-10-18)17(19)23-12-11-22-16-6-4-5-14(2)13-16/h4-6,13,15H,3,7-12H2,1-2H3. The Morgan fingerprint density at radius 2 is 1.96 bits per heavy atom. The average Bonchev–Trinajstić information content (AvgIpc) is 2.58. The van der Waals surface area contributed by atoms with Crippen LogP contribution < -0.4 is 4.74 Å². The minimum Gasteiger partial charge on any atom is -0.490 e. The molecule has 0 saturated carbocycles. The van der Waals surface area contributed by atoms with Crippen LogP contribution in [0.5, 0.6) is 5.75 Å². The number of ether oxygens (including phenoxy) is 2. The first kappa shape index (κ1) is 18.7. The predicted octanol–water partition coefficient (Wildman–Crippen LogP) is 1.98. The van der Waals surface area contributed by atoms with Crippen molar-refractivity contribution in [2.75, 3.05) is 32.1 Å². The van der Waals surface area contributed by atoms with Crippen LogP contribution in [-0.2, 0) is 19.6 Å². The fourth-order valence-electron chi connectivity index (χ4n) is 2.68. The van der Waals surface area contributed by atoms with Crippen LogP contribution in [-0.4, -0.2) is 50.7 Å². The molecule has 1 heterocycles. The summed E-state index contributed by atoms with van der Waals surface area (Å²) >= 11 is 0. The van der Waals surface area contributed by atoms with Gasteiger partial charge in [0.1, 0.15) is 19.0 Å². The van der Waals surface area contributed by atoms with E-state index in [0.29, 0.717) is 32.5 Å². The molecule has 1 saturated heterocycles. The molecule has 0 radical (unpaired) electrons. The molecule has 0 aliphatic carbocycles. The molecule has 0 N–H and O–H groups in total. The molecule has 0 atom stereocenters. The van der Waals surface area contributed by atoms with Gasteiger partial charge in [0, 0.05) is 13.1 Å². The number of carbonyl (C=O) groups is 1. The molecule has 1 aromatic carbocycles. The summed E-state index contributed by atoms with van der Waals surface area (Å²) in [4.78, 5) is 12.0. The Balaban J connectivity index is 1.69. The van der Waals surface area contributed by atoms with Crippen molar-refractivity contribution < 1.29 is 22.7 Å². The van der Waals surface area contributed by atoms with Gasteiger partial charge in [-0.25, -0.2) is 12.7 Å². The second-order valence-electron chi connectivity index (χ2n) is 5.91. The molecule has 0 unspecified atom stereocenters. The number of aryl methyl sites for hydroxylation is 1. The number of rotatable bonds is 7. The van der Waals surface area contributed by atoms with E-state index in [2.05, 4.69) is 0 Å². The van der Waals surface area contributed by atoms with Crippen LogP contribution in [0.25, 0.3) is 0 Å². The second kappa shape index (κ2) is 8.48. The zero-order valence-corrected chi connectivity index (χ0v) is 15.0. The molecule has 0 aromatic heterocycles. The lowest BCUT2D eigenvalue weighted by molar-refractivity contribution is -0.150. The summed E-state index contributed by atoms with van der Waals surface area (Å²) in [5, 5.41) is 0. The van der Waals surface area contributed by atoms with Gasteiger partial charge in [-0.3, -0.25) is 4.79 Å². The van der Waals surface area contributed by atoms with Crippen LogP contribution in [0.2, 0.25) is 0 Å². The summed E-state index contributed by atoms with van der Waals surface area (Å²) in [6.07, 6.45) is 1.02. The van der Waals surface area contributed by atoms with E-state index in [0.717, 1.165) is 11.3 Å². The van der Waals surface area contributed by atoms with Gasteiger partial charge >= 0.3 is 5.97 Å². The summed E-state index contributed by atoms with van der Waals surface area (Å²) in [6.45, 7) is 4.88. The zero-order chi connectivity index (χ0) is 17.6. The van der Waals surface area contributed by atoms with Gasteiger partial charge in [0.2, 0.25) is 10.0 Å². The Hall–Kier alpha value is -1.60. The number of esters is 1. The maximum Gasteiger partial charge on any atom is 0.309 e. The molecule has 134 valence electrons. The highest BCUT2D eigenvalue weighted by molar-refractivity contribution is 7.89. The van der Waals surface area contributed by atoms with Gasteiger partial charge in [-0.15, -0.1) is 0 Å². The molecule has 6 nitrogen and oxygen atoms in total. The number of piperidine rings is 1. The lowest BCUT2D eigenvalue weighted by Gasteiger charge is -2.29. The highest BCUT2D eigenvalue weighted by atomic mass is 32.2. The number of nitrogens with zero attached hydrogens (tertiary/aromatic N) is 1. The van der Waals surface area contributed by atoms with Crippen molar-refractivity contribution in [1.82, 2.24) is 4.31 Å². The fraction of sp³-hybridized carbons (Fsp3) is 0.588. The van der Waals surface area contributed by atoms with Crippen LogP contribution in [0.3, 0.4) is 0 Å². The Morgan fingerprint density at radius 1 is 1.25 bits per heavy atom. The smallest absolute Gasteiger partial charge is 0.309 e. The van der Waals surface area contributed by atoms with E-state index in [1.54, 1.807) is 6.92 Å². The maximum atomic E-state index is 12.0. The normalized spacial score (nSPS) is 16.8. The fourth-order valence-corrected chi connectivity index (χ4v) is 3.81. The van der Waals surface area contributed by atoms with E-state index >= 15 is 0 Å². The van der Waals surface area contributed by atoms with Gasteiger partial charge in [-0.05, 0) is 44.4 Å². The van der Waals surface area contributed by atoms with Crippen molar-refractivity contribution in [3.8, 4) is 5.75 Å². The number of sulfonamides is 1. The van der Waals surface area contributed by atoms with Crippen molar-refractivity contribution in [2.24, 2.45) is 5.92 Å². The maximum absolute atomic E-state index is 12.0. The second-order valence-corrected chi connectivity index (χ2v) is 8.16. The molecule has 0 bridgehead atoms. The quantitative estimate of drug-likeness (QED) is 0.552. The van der Waals surface area contributed by atoms with Crippen molar-refractivity contribution >= 4 is 16.0 Å². The third-order valence-corrected chi connectivity index (χ3v) is 6.01. The first-order chi connectivity index (χ1) is 11.4. The van der Waals surface area contributed by atoms with Gasteiger partial charge in [0.25, 0.3) is 0 Å². The number of hydrogen-bond donors (Lipinski definition) is 0. The third-order valence-electron chi connectivity index (χ3n) is 4.13. The zero-order valence-electron chi connectivity index (χ0n) is 14.2. The third kappa shape index (κ3) is 5.21. The summed E-state index contributed by atoms with van der Waals surface area (Å²) in [5.41, 5.74) is 1.11. The Bertz CT molecular complexity index is 651. The molecule has 1 aliphatic rings. The van der Waals surface area contributed by atoms with Crippen LogP contribution in [0.4, 0.5) is 0 Å². The molecular formula is C17H25NO5S. The highest BCUT2D eigenvalue weighted by Gasteiger charge is 2.30. The summed E-state index contributed by atoms with van der Waals surface area (Å²) in [6, 6.07) is 7.68. The molecule has 1 aliphatic heterocycles. The van der Waals surface area contributed by atoms with E-state index < -0.39 is 10.0 Å². The molecule has 24 heavy (non-hydrogen) atoms. The lowest BCUT2D eigenvalue weighted by atomic mass is 9.98. The number of benzene rings is 1. The van der Waals surface area contributed by atoms with Crippen LogP contribution in [0.15, 0.2) is 24.3 Å². The minimum atomic E-state index is -3.16. The van der Waals surface area contributed by atoms with E-state index in [1.165, 1.54) is 4.31 Å². The monoisotopic (exact) mass is 355 g/mol. The highest BCUT2D eigenvalue weighted by Crippen LogP contribution is 2.21. The SMILES string of the molecule is CCS(=O)(=O)N1CCC(C(=O)OCCOc2cccc(C)c2)CC1. The first-order valence-corrected chi connectivity index (χ1v) is 9.87. The molecule has 2 rings (SSSR count). The van der Waals surface area contributed by atoms with Gasteiger partial charge in [-0.2, -0.15) is 0 Å². The first-order valence-electron chi connectivity index (χ1n) is 8.26. The molecule has 0 amide bonds. The molecule has 1 fully saturated rings. The van der Waals surface area contributed by atoms with Crippen molar-refractivity contribution in [1.29, 1.82) is 0 Å². The van der Waals surface area contributed by atoms with Crippen LogP contribution in [0, 0.1) is 12.8 Å². The summed E-state index contributed by atoms with van der Waals surface area (Å²) < 4.78 is 35.8. The van der Waals surface area contributed by atoms with Crippen molar-refractivity contribution in [3.05, 3.63) is 29.8 Å². The van der Waals surface area contributed by atoms with E-state index in [1.807, 2.05) is 31.2 Å². The summed E-state index contributed by atoms with van der Waals surface area (Å²) in [7, 11) is -3.16. The number of hydrogen-bond acceptors (Lipinski definition) is 5. The van der Waals surface area contributed by atoms with Crippen molar-refractivity contribution in [3.63, 3.8) is 0 Å². The van der Waals surface area contributed by atoms with Gasteiger partial charge in [0.05, 0.1) is 11.7 Å². The molecular weight excluding hydrogens is 330 g/mol. The Kier molecular flexibility index (Phi) is 6.62. The Morgan fingerprint density at radius 3 is 2.58 bits per heavy atom. The molecule has 7 heteroatoms. The van der Waals surface area contributed by atoms with E-state index in [9.17, 15) is 13.2 Å². The lowest BCUT2D eigenvalue weighted by Crippen LogP contribution is -2.41. The van der Waals surface area contributed by atoms with E-state index in [-0.39, 0.29) is 24.2 Å². The Labute approximate surface area is 143 Å². The summed E-state index contributed by atoms with van der Waals surface area (Å²) in [5.74, 6) is 0.353. The minimum absolute atomic E-state index is 0.0956. The topological polar surface area (TPSA) is 72.9 Å². The van der Waals surface area contributed by atoms with Crippen molar-refractivity contribution in [2.45, 2.75) is 26.7 Å². The average molecular weight is 355 g/mol. The van der Waals surface area contributed by atoms with Crippen LogP contribution >= 0.6 is 0 Å². The van der Waals surface area contributed by atoms with Gasteiger partial charge in [-0.1, -0.05) is 12.1 Å². The van der Waals surface area contributed by atoms with Gasteiger partial charge in [0.15, 0.2) is 0 Å². The van der Waals surface area contributed by atoms with Gasteiger partial charge < -0.3 is 9.47 Å². The largest absolute Gasteiger partial charge is 0.490 e. The molecule has 1 aromatic rings.